The molecule has 0 aromatic rings. The minimum Gasteiger partial charge on any atom is -0.548 e. The fourth-order valence-corrected chi connectivity index (χ4v) is 3.36. The molecule has 1 rings (SSSR count). The normalized spacial score (nSPS) is 18.6. The van der Waals surface area contributed by atoms with E-state index in [0.29, 0.717) is 12.8 Å². The maximum Gasteiger partial charge on any atom is 0.323 e. The van der Waals surface area contributed by atoms with E-state index in [-0.39, 0.29) is 6.42 Å². The van der Waals surface area contributed by atoms with Crippen molar-refractivity contribution in [2.45, 2.75) is 45.3 Å². The molecular formula is C14H24O5Si. The molecule has 0 spiro atoms. The van der Waals surface area contributed by atoms with Crippen molar-refractivity contribution < 1.29 is 23.5 Å². The summed E-state index contributed by atoms with van der Waals surface area (Å²) in [5, 5.41) is 0. The highest BCUT2D eigenvalue weighted by Crippen LogP contribution is 2.37. The second-order valence-electron chi connectivity index (χ2n) is 6.01. The number of methoxy groups -OCH3 is 2. The molecule has 0 unspecified atom stereocenters. The predicted octanol–water partition coefficient (Wildman–Crippen LogP) is 2.63. The molecule has 0 N–H and O–H groups in total. The minimum absolute atomic E-state index is 0.270. The molecule has 114 valence electrons. The molecule has 1 aliphatic rings. The first-order valence-electron chi connectivity index (χ1n) is 6.80. The Hall–Kier alpha value is -1.30. The second kappa shape index (κ2) is 6.43. The van der Waals surface area contributed by atoms with Gasteiger partial charge >= 0.3 is 11.9 Å². The Bertz CT molecular complexity index is 392. The van der Waals surface area contributed by atoms with Gasteiger partial charge in [0, 0.05) is 6.42 Å². The van der Waals surface area contributed by atoms with Crippen LogP contribution in [0.15, 0.2) is 11.8 Å². The highest BCUT2D eigenvalue weighted by atomic mass is 28.4. The molecule has 0 aliphatic heterocycles. The van der Waals surface area contributed by atoms with Crippen molar-refractivity contribution in [2.24, 2.45) is 5.41 Å². The highest BCUT2D eigenvalue weighted by Gasteiger charge is 2.48. The summed E-state index contributed by atoms with van der Waals surface area (Å²) in [6.45, 7) is 6.31. The standard InChI is InChI=1S/C14H24O5Si/c1-17-12(15)14(13(16)18-2)9-6-7-11(8-10-14)19-20(3,4)5/h8H,6-7,9-10H2,1-5H3. The third kappa shape index (κ3) is 3.85. The maximum atomic E-state index is 12.0. The Morgan fingerprint density at radius 2 is 1.70 bits per heavy atom. The molecule has 0 aromatic carbocycles. The molecule has 0 radical (unpaired) electrons. The van der Waals surface area contributed by atoms with Crippen LogP contribution in [0.3, 0.4) is 0 Å². The third-order valence-corrected chi connectivity index (χ3v) is 4.17. The Morgan fingerprint density at radius 3 is 2.15 bits per heavy atom. The molecule has 0 saturated carbocycles. The summed E-state index contributed by atoms with van der Waals surface area (Å²) >= 11 is 0. The van der Waals surface area contributed by atoms with Gasteiger partial charge in [-0.25, -0.2) is 0 Å². The lowest BCUT2D eigenvalue weighted by molar-refractivity contribution is -0.169. The van der Waals surface area contributed by atoms with Crippen LogP contribution in [0.25, 0.3) is 0 Å². The topological polar surface area (TPSA) is 61.8 Å². The first kappa shape index (κ1) is 16.8. The summed E-state index contributed by atoms with van der Waals surface area (Å²) in [5.74, 6) is -0.191. The largest absolute Gasteiger partial charge is 0.548 e. The molecule has 20 heavy (non-hydrogen) atoms. The molecule has 0 bridgehead atoms. The zero-order valence-electron chi connectivity index (χ0n) is 12.9. The zero-order valence-corrected chi connectivity index (χ0v) is 13.9. The SMILES string of the molecule is COC(=O)C1(C(=O)OC)CC=C(O[Si](C)(C)C)CCC1. The molecule has 0 saturated heterocycles. The van der Waals surface area contributed by atoms with Crippen LogP contribution in [0.4, 0.5) is 0 Å². The molecule has 0 amide bonds. The smallest absolute Gasteiger partial charge is 0.323 e. The predicted molar refractivity (Wildman–Crippen MR) is 77.4 cm³/mol. The van der Waals surface area contributed by atoms with Gasteiger partial charge in [0.25, 0.3) is 0 Å². The molecule has 6 heteroatoms. The minimum atomic E-state index is -1.68. The van der Waals surface area contributed by atoms with E-state index in [4.69, 9.17) is 13.9 Å². The number of carbonyl (C=O) groups excluding carboxylic acids is 2. The highest BCUT2D eigenvalue weighted by molar-refractivity contribution is 6.70. The van der Waals surface area contributed by atoms with E-state index in [1.165, 1.54) is 14.2 Å². The van der Waals surface area contributed by atoms with Crippen molar-refractivity contribution in [1.82, 2.24) is 0 Å². The van der Waals surface area contributed by atoms with Crippen molar-refractivity contribution in [3.8, 4) is 0 Å². The van der Waals surface area contributed by atoms with Crippen LogP contribution in [0.2, 0.25) is 19.6 Å². The second-order valence-corrected chi connectivity index (χ2v) is 10.4. The zero-order chi connectivity index (χ0) is 15.4. The average molecular weight is 300 g/mol. The average Bonchev–Trinajstić information content (AvgIpc) is 2.58. The van der Waals surface area contributed by atoms with E-state index in [9.17, 15) is 9.59 Å². The molecule has 0 atom stereocenters. The van der Waals surface area contributed by atoms with Crippen molar-refractivity contribution in [2.75, 3.05) is 14.2 Å². The van der Waals surface area contributed by atoms with Crippen molar-refractivity contribution >= 4 is 20.3 Å². The van der Waals surface area contributed by atoms with E-state index >= 15 is 0 Å². The number of esters is 2. The van der Waals surface area contributed by atoms with E-state index in [0.717, 1.165) is 12.2 Å². The number of rotatable bonds is 4. The van der Waals surface area contributed by atoms with Gasteiger partial charge in [-0.05, 0) is 45.0 Å². The molecule has 5 nitrogen and oxygen atoms in total. The fourth-order valence-electron chi connectivity index (χ4n) is 2.39. The van der Waals surface area contributed by atoms with Gasteiger partial charge in [-0.1, -0.05) is 0 Å². The number of allylic oxidation sites excluding steroid dienone is 2. The van der Waals surface area contributed by atoms with Crippen molar-refractivity contribution in [1.29, 1.82) is 0 Å². The summed E-state index contributed by atoms with van der Waals surface area (Å²) in [7, 11) is 0.901. The number of ether oxygens (including phenoxy) is 2. The van der Waals surface area contributed by atoms with E-state index in [1.54, 1.807) is 0 Å². The molecule has 0 fully saturated rings. The lowest BCUT2D eigenvalue weighted by atomic mass is 9.81. The first-order chi connectivity index (χ1) is 9.25. The Labute approximate surface area is 121 Å². The molecule has 1 aliphatic carbocycles. The molecule has 0 heterocycles. The third-order valence-electron chi connectivity index (χ3n) is 3.29. The lowest BCUT2D eigenvalue weighted by Gasteiger charge is -2.25. The Kier molecular flexibility index (Phi) is 5.39. The first-order valence-corrected chi connectivity index (χ1v) is 10.2. The Morgan fingerprint density at radius 1 is 1.15 bits per heavy atom. The monoisotopic (exact) mass is 300 g/mol. The summed E-state index contributed by atoms with van der Waals surface area (Å²) in [4.78, 5) is 24.1. The number of carbonyl (C=O) groups is 2. The number of hydrogen-bond donors (Lipinski definition) is 0. The number of hydrogen-bond acceptors (Lipinski definition) is 5. The van der Waals surface area contributed by atoms with Crippen molar-refractivity contribution in [3.63, 3.8) is 0 Å². The van der Waals surface area contributed by atoms with Crippen LogP contribution in [-0.2, 0) is 23.5 Å². The Balaban J connectivity index is 3.00. The van der Waals surface area contributed by atoms with E-state index in [1.807, 2.05) is 6.08 Å². The van der Waals surface area contributed by atoms with Gasteiger partial charge < -0.3 is 13.9 Å². The van der Waals surface area contributed by atoms with Crippen LogP contribution in [0.5, 0.6) is 0 Å². The lowest BCUT2D eigenvalue weighted by Crippen LogP contribution is -2.40. The van der Waals surface area contributed by atoms with Crippen LogP contribution < -0.4 is 0 Å². The van der Waals surface area contributed by atoms with E-state index < -0.39 is 25.7 Å². The van der Waals surface area contributed by atoms with Gasteiger partial charge in [-0.3, -0.25) is 9.59 Å². The van der Waals surface area contributed by atoms with Gasteiger partial charge in [0.05, 0.1) is 20.0 Å². The van der Waals surface area contributed by atoms with Gasteiger partial charge in [-0.2, -0.15) is 0 Å². The summed E-state index contributed by atoms with van der Waals surface area (Å²) in [6.07, 6.45) is 3.97. The fraction of sp³-hybridized carbons (Fsp3) is 0.714. The van der Waals surface area contributed by atoms with E-state index in [2.05, 4.69) is 19.6 Å². The van der Waals surface area contributed by atoms with Gasteiger partial charge in [0.1, 0.15) is 0 Å². The van der Waals surface area contributed by atoms with Crippen LogP contribution >= 0.6 is 0 Å². The summed E-state index contributed by atoms with van der Waals surface area (Å²) in [5.41, 5.74) is -1.23. The quantitative estimate of drug-likeness (QED) is 0.454. The summed E-state index contributed by atoms with van der Waals surface area (Å²) < 4.78 is 15.6. The van der Waals surface area contributed by atoms with Gasteiger partial charge in [-0.15, -0.1) is 0 Å². The van der Waals surface area contributed by atoms with Crippen LogP contribution in [0, 0.1) is 5.41 Å². The maximum absolute atomic E-state index is 12.0. The molecule has 0 aromatic heterocycles. The van der Waals surface area contributed by atoms with Crippen molar-refractivity contribution in [3.05, 3.63) is 11.8 Å². The summed E-state index contributed by atoms with van der Waals surface area (Å²) in [6, 6.07) is 0. The molecular weight excluding hydrogens is 276 g/mol. The van der Waals surface area contributed by atoms with Crippen LogP contribution in [-0.4, -0.2) is 34.5 Å². The van der Waals surface area contributed by atoms with Crippen LogP contribution in [0.1, 0.15) is 25.7 Å². The van der Waals surface area contributed by atoms with Gasteiger partial charge in [0.2, 0.25) is 8.32 Å². The van der Waals surface area contributed by atoms with Gasteiger partial charge in [0.15, 0.2) is 5.41 Å².